The molecule has 0 bridgehead atoms. The summed E-state index contributed by atoms with van der Waals surface area (Å²) >= 11 is 0. The zero-order valence-corrected chi connectivity index (χ0v) is 26.5. The number of hydrogen-bond acceptors (Lipinski definition) is 5. The molecule has 1 aliphatic rings. The van der Waals surface area contributed by atoms with Gasteiger partial charge in [-0.1, -0.05) is 67.8 Å². The molecule has 1 fully saturated rings. The first-order valence-corrected chi connectivity index (χ1v) is 16.9. The summed E-state index contributed by atoms with van der Waals surface area (Å²) in [5.74, 6) is -0.216. The van der Waals surface area contributed by atoms with Crippen LogP contribution in [0.2, 0.25) is 0 Å². The number of ether oxygens (including phenoxy) is 1. The first-order valence-electron chi connectivity index (χ1n) is 15.5. The quantitative estimate of drug-likeness (QED) is 0.186. The van der Waals surface area contributed by atoms with Gasteiger partial charge in [0.25, 0.3) is 10.0 Å². The molecule has 0 saturated heterocycles. The fourth-order valence-corrected chi connectivity index (χ4v) is 6.93. The molecule has 5 rings (SSSR count). The second kappa shape index (κ2) is 15.1. The largest absolute Gasteiger partial charge is 0.457 e. The fourth-order valence-electron chi connectivity index (χ4n) is 5.49. The van der Waals surface area contributed by atoms with Crippen molar-refractivity contribution in [2.24, 2.45) is 0 Å². The molecule has 1 saturated carbocycles. The van der Waals surface area contributed by atoms with E-state index in [1.807, 2.05) is 18.2 Å². The van der Waals surface area contributed by atoms with E-state index in [9.17, 15) is 22.4 Å². The first-order chi connectivity index (χ1) is 22.2. The summed E-state index contributed by atoms with van der Waals surface area (Å²) in [7, 11) is -4.21. The SMILES string of the molecule is C[C@@H](C(=O)NC1CCCCC1)N(Cc1ccc(F)cc1)C(=O)CN(c1ccc(Oc2ccccc2)cc1)S(=O)(=O)c1ccccc1. The first kappa shape index (κ1) is 32.7. The van der Waals surface area contributed by atoms with Crippen molar-refractivity contribution >= 4 is 27.5 Å². The zero-order valence-electron chi connectivity index (χ0n) is 25.7. The van der Waals surface area contributed by atoms with Crippen molar-refractivity contribution in [1.82, 2.24) is 10.2 Å². The van der Waals surface area contributed by atoms with Crippen molar-refractivity contribution in [3.05, 3.63) is 121 Å². The van der Waals surface area contributed by atoms with E-state index in [4.69, 9.17) is 4.74 Å². The van der Waals surface area contributed by atoms with Gasteiger partial charge in [-0.2, -0.15) is 0 Å². The second-order valence-electron chi connectivity index (χ2n) is 11.4. The Morgan fingerprint density at radius 1 is 0.826 bits per heavy atom. The lowest BCUT2D eigenvalue weighted by molar-refractivity contribution is -0.139. The van der Waals surface area contributed by atoms with Gasteiger partial charge in [-0.15, -0.1) is 0 Å². The lowest BCUT2D eigenvalue weighted by Crippen LogP contribution is -2.53. The number of benzene rings is 4. The smallest absolute Gasteiger partial charge is 0.264 e. The number of nitrogens with zero attached hydrogens (tertiary/aromatic N) is 2. The van der Waals surface area contributed by atoms with Crippen molar-refractivity contribution in [2.45, 2.75) is 62.6 Å². The van der Waals surface area contributed by atoms with E-state index in [0.29, 0.717) is 17.1 Å². The van der Waals surface area contributed by atoms with Gasteiger partial charge in [0.2, 0.25) is 11.8 Å². The lowest BCUT2D eigenvalue weighted by atomic mass is 9.95. The minimum atomic E-state index is -4.21. The maximum atomic E-state index is 14.2. The number of carbonyl (C=O) groups is 2. The third-order valence-corrected chi connectivity index (χ3v) is 9.89. The van der Waals surface area contributed by atoms with Crippen molar-refractivity contribution < 1.29 is 27.1 Å². The standard InChI is InChI=1S/C36H38FN3O5S/c1-27(36(42)38-30-11-5-2-6-12-30)39(25-28-17-19-29(37)20-18-28)35(41)26-40(46(43,44)34-15-9-4-10-16-34)31-21-23-33(24-22-31)45-32-13-7-3-8-14-32/h3-4,7-10,13-24,27,30H,2,5-6,11-12,25-26H2,1H3,(H,38,42)/t27-/m0/s1. The molecule has 10 heteroatoms. The number of sulfonamides is 1. The predicted octanol–water partition coefficient (Wildman–Crippen LogP) is 6.68. The van der Waals surface area contributed by atoms with E-state index >= 15 is 0 Å². The Labute approximate surface area is 269 Å². The highest BCUT2D eigenvalue weighted by Gasteiger charge is 2.33. The molecule has 1 N–H and O–H groups in total. The number of rotatable bonds is 12. The molecule has 0 radical (unpaired) electrons. The van der Waals surface area contributed by atoms with Crippen LogP contribution in [0.1, 0.15) is 44.6 Å². The van der Waals surface area contributed by atoms with Crippen LogP contribution < -0.4 is 14.4 Å². The van der Waals surface area contributed by atoms with Crippen LogP contribution in [0.3, 0.4) is 0 Å². The molecule has 8 nitrogen and oxygen atoms in total. The van der Waals surface area contributed by atoms with Gasteiger partial charge in [-0.3, -0.25) is 13.9 Å². The molecule has 4 aromatic carbocycles. The van der Waals surface area contributed by atoms with Crippen LogP contribution in [0.15, 0.2) is 114 Å². The van der Waals surface area contributed by atoms with E-state index in [1.54, 1.807) is 73.7 Å². The Morgan fingerprint density at radius 3 is 2.04 bits per heavy atom. The maximum Gasteiger partial charge on any atom is 0.264 e. The molecule has 0 heterocycles. The molecule has 1 aliphatic carbocycles. The number of anilines is 1. The van der Waals surface area contributed by atoms with E-state index < -0.39 is 34.3 Å². The van der Waals surface area contributed by atoms with Crippen molar-refractivity contribution in [1.29, 1.82) is 0 Å². The topological polar surface area (TPSA) is 96.0 Å². The van der Waals surface area contributed by atoms with Crippen LogP contribution >= 0.6 is 0 Å². The minimum Gasteiger partial charge on any atom is -0.457 e. The maximum absolute atomic E-state index is 14.2. The van der Waals surface area contributed by atoms with E-state index in [-0.39, 0.29) is 29.1 Å². The average Bonchev–Trinajstić information content (AvgIpc) is 3.08. The van der Waals surface area contributed by atoms with Gasteiger partial charge >= 0.3 is 0 Å². The monoisotopic (exact) mass is 643 g/mol. The normalized spacial score (nSPS) is 14.2. The highest BCUT2D eigenvalue weighted by molar-refractivity contribution is 7.92. The summed E-state index contributed by atoms with van der Waals surface area (Å²) in [6.07, 6.45) is 4.93. The van der Waals surface area contributed by atoms with Gasteiger partial charge < -0.3 is 15.0 Å². The molecule has 0 aliphatic heterocycles. The van der Waals surface area contributed by atoms with Gasteiger partial charge in [0, 0.05) is 12.6 Å². The molecule has 0 spiro atoms. The molecule has 46 heavy (non-hydrogen) atoms. The van der Waals surface area contributed by atoms with Crippen LogP contribution in [-0.2, 0) is 26.2 Å². The Hall–Kier alpha value is -4.70. The number of para-hydroxylation sites is 1. The van der Waals surface area contributed by atoms with E-state index in [2.05, 4.69) is 5.32 Å². The van der Waals surface area contributed by atoms with E-state index in [0.717, 1.165) is 36.4 Å². The molecule has 0 aromatic heterocycles. The van der Waals surface area contributed by atoms with Crippen molar-refractivity contribution in [2.75, 3.05) is 10.8 Å². The van der Waals surface area contributed by atoms with Crippen LogP contribution in [0.4, 0.5) is 10.1 Å². The highest BCUT2D eigenvalue weighted by atomic mass is 32.2. The Kier molecular flexibility index (Phi) is 10.7. The molecule has 0 unspecified atom stereocenters. The van der Waals surface area contributed by atoms with Crippen LogP contribution in [0.25, 0.3) is 0 Å². The van der Waals surface area contributed by atoms with Gasteiger partial charge in [0.1, 0.15) is 29.9 Å². The molecule has 4 aromatic rings. The predicted molar refractivity (Wildman–Crippen MR) is 175 cm³/mol. The van der Waals surface area contributed by atoms with Gasteiger partial charge in [0.15, 0.2) is 0 Å². The van der Waals surface area contributed by atoms with Gasteiger partial charge in [-0.05, 0) is 86.0 Å². The van der Waals surface area contributed by atoms with Crippen molar-refractivity contribution in [3.8, 4) is 11.5 Å². The number of carbonyl (C=O) groups excluding carboxylic acids is 2. The Bertz CT molecular complexity index is 1700. The van der Waals surface area contributed by atoms with Gasteiger partial charge in [0.05, 0.1) is 10.6 Å². The number of halogens is 1. The highest BCUT2D eigenvalue weighted by Crippen LogP contribution is 2.29. The number of nitrogens with one attached hydrogen (secondary N) is 1. The molecule has 1 atom stereocenters. The Balaban J connectivity index is 1.45. The second-order valence-corrected chi connectivity index (χ2v) is 13.3. The summed E-state index contributed by atoms with van der Waals surface area (Å²) in [6.45, 7) is 1.05. The Morgan fingerprint density at radius 2 is 1.41 bits per heavy atom. The van der Waals surface area contributed by atoms with Crippen LogP contribution in [0, 0.1) is 5.82 Å². The van der Waals surface area contributed by atoms with Gasteiger partial charge in [-0.25, -0.2) is 12.8 Å². The molecular formula is C36H38FN3O5S. The average molecular weight is 644 g/mol. The summed E-state index contributed by atoms with van der Waals surface area (Å²) < 4.78 is 48.7. The zero-order chi connectivity index (χ0) is 32.5. The number of hydrogen-bond donors (Lipinski definition) is 1. The summed E-state index contributed by atoms with van der Waals surface area (Å²) in [4.78, 5) is 29.0. The summed E-state index contributed by atoms with van der Waals surface area (Å²) in [5.41, 5.74) is 0.852. The lowest BCUT2D eigenvalue weighted by Gasteiger charge is -2.33. The van der Waals surface area contributed by atoms with Crippen LogP contribution in [-0.4, -0.2) is 43.8 Å². The third kappa shape index (κ3) is 8.31. The summed E-state index contributed by atoms with van der Waals surface area (Å²) in [5, 5.41) is 3.08. The minimum absolute atomic E-state index is 0.0125. The van der Waals surface area contributed by atoms with Crippen LogP contribution in [0.5, 0.6) is 11.5 Å². The fraction of sp³-hybridized carbons (Fsp3) is 0.278. The van der Waals surface area contributed by atoms with Crippen molar-refractivity contribution in [3.63, 3.8) is 0 Å². The molecule has 2 amide bonds. The third-order valence-electron chi connectivity index (χ3n) is 8.10. The summed E-state index contributed by atoms with van der Waals surface area (Å²) in [6, 6.07) is 28.3. The molecule has 240 valence electrons. The van der Waals surface area contributed by atoms with E-state index in [1.165, 1.54) is 29.2 Å². The number of amides is 2. The molecular weight excluding hydrogens is 605 g/mol.